The number of esters is 2. The summed E-state index contributed by atoms with van der Waals surface area (Å²) in [5.74, 6) is -0.419. The van der Waals surface area contributed by atoms with Crippen LogP contribution in [-0.2, 0) is 9.53 Å². The van der Waals surface area contributed by atoms with Gasteiger partial charge in [-0.05, 0) is 18.2 Å². The molecule has 0 saturated carbocycles. The van der Waals surface area contributed by atoms with E-state index in [-0.39, 0.29) is 5.75 Å². The summed E-state index contributed by atoms with van der Waals surface area (Å²) in [7, 11) is 2.72. The highest BCUT2D eigenvalue weighted by atomic mass is 16.6. The van der Waals surface area contributed by atoms with Crippen molar-refractivity contribution in [1.29, 1.82) is 0 Å². The Hall–Kier alpha value is -2.04. The molecule has 1 aromatic rings. The number of rotatable bonds is 3. The van der Waals surface area contributed by atoms with Gasteiger partial charge in [0.2, 0.25) is 0 Å². The van der Waals surface area contributed by atoms with E-state index in [0.29, 0.717) is 11.3 Å². The normalized spacial score (nSPS) is 9.44. The number of hydrogen-bond donors (Lipinski definition) is 0. The van der Waals surface area contributed by atoms with Gasteiger partial charge in [0.15, 0.2) is 11.5 Å². The summed E-state index contributed by atoms with van der Waals surface area (Å²) in [4.78, 5) is 22.1. The Morgan fingerprint density at radius 3 is 2.31 bits per heavy atom. The molecule has 0 saturated heterocycles. The van der Waals surface area contributed by atoms with Gasteiger partial charge in [0.1, 0.15) is 0 Å². The quantitative estimate of drug-likeness (QED) is 0.573. The van der Waals surface area contributed by atoms with Crippen LogP contribution in [0.25, 0.3) is 0 Å². The second kappa shape index (κ2) is 5.16. The molecule has 0 heterocycles. The highest BCUT2D eigenvalue weighted by molar-refractivity contribution is 5.90. The zero-order valence-corrected chi connectivity index (χ0v) is 9.27. The minimum absolute atomic E-state index is 0.193. The first kappa shape index (κ1) is 12.0. The van der Waals surface area contributed by atoms with E-state index in [2.05, 4.69) is 4.74 Å². The van der Waals surface area contributed by atoms with Crippen molar-refractivity contribution in [2.24, 2.45) is 0 Å². The van der Waals surface area contributed by atoms with Crippen molar-refractivity contribution in [3.63, 3.8) is 0 Å². The van der Waals surface area contributed by atoms with Crippen LogP contribution < -0.4 is 9.47 Å². The van der Waals surface area contributed by atoms with Gasteiger partial charge < -0.3 is 14.2 Å². The van der Waals surface area contributed by atoms with Crippen molar-refractivity contribution in [2.75, 3.05) is 14.2 Å². The van der Waals surface area contributed by atoms with E-state index < -0.39 is 11.9 Å². The predicted molar refractivity (Wildman–Crippen MR) is 55.6 cm³/mol. The molecule has 0 aliphatic rings. The SMILES string of the molecule is COC(=O)c1ccc(OC)c(OC(C)=O)c1. The number of ether oxygens (including phenoxy) is 3. The lowest BCUT2D eigenvalue weighted by Gasteiger charge is -2.08. The van der Waals surface area contributed by atoms with Crippen molar-refractivity contribution < 1.29 is 23.8 Å². The number of methoxy groups -OCH3 is 2. The molecule has 1 aromatic carbocycles. The molecule has 0 amide bonds. The van der Waals surface area contributed by atoms with Crippen LogP contribution in [0.4, 0.5) is 0 Å². The molecule has 1 rings (SSSR count). The molecule has 0 aliphatic carbocycles. The lowest BCUT2D eigenvalue weighted by atomic mass is 10.2. The highest BCUT2D eigenvalue weighted by Gasteiger charge is 2.12. The van der Waals surface area contributed by atoms with Gasteiger partial charge in [0, 0.05) is 6.92 Å². The summed E-state index contributed by atoms with van der Waals surface area (Å²) < 4.78 is 14.4. The Balaban J connectivity index is 3.10. The molecule has 0 bridgehead atoms. The molecule has 5 nitrogen and oxygen atoms in total. The fraction of sp³-hybridized carbons (Fsp3) is 0.273. The maximum atomic E-state index is 11.2. The lowest BCUT2D eigenvalue weighted by molar-refractivity contribution is -0.132. The van der Waals surface area contributed by atoms with Crippen LogP contribution in [0, 0.1) is 0 Å². The second-order valence-electron chi connectivity index (χ2n) is 2.95. The third-order valence-electron chi connectivity index (χ3n) is 1.84. The summed E-state index contributed by atoms with van der Waals surface area (Å²) in [5, 5.41) is 0. The second-order valence-corrected chi connectivity index (χ2v) is 2.95. The molecule has 0 aliphatic heterocycles. The number of carbonyl (C=O) groups excluding carboxylic acids is 2. The van der Waals surface area contributed by atoms with Gasteiger partial charge >= 0.3 is 11.9 Å². The van der Waals surface area contributed by atoms with Gasteiger partial charge in [-0.15, -0.1) is 0 Å². The summed E-state index contributed by atoms with van der Waals surface area (Å²) >= 11 is 0. The molecule has 0 unspecified atom stereocenters. The van der Waals surface area contributed by atoms with Crippen LogP contribution in [0.1, 0.15) is 17.3 Å². The van der Waals surface area contributed by atoms with Gasteiger partial charge in [-0.2, -0.15) is 0 Å². The van der Waals surface area contributed by atoms with Crippen LogP contribution >= 0.6 is 0 Å². The number of hydrogen-bond acceptors (Lipinski definition) is 5. The average molecular weight is 224 g/mol. The zero-order valence-electron chi connectivity index (χ0n) is 9.27. The molecule has 86 valence electrons. The fourth-order valence-corrected chi connectivity index (χ4v) is 1.16. The van der Waals surface area contributed by atoms with Gasteiger partial charge in [-0.25, -0.2) is 4.79 Å². The average Bonchev–Trinajstić information content (AvgIpc) is 2.27. The van der Waals surface area contributed by atoms with Crippen molar-refractivity contribution >= 4 is 11.9 Å². The van der Waals surface area contributed by atoms with Crippen LogP contribution in [0.15, 0.2) is 18.2 Å². The predicted octanol–water partition coefficient (Wildman–Crippen LogP) is 1.41. The molecular weight excluding hydrogens is 212 g/mol. The number of benzene rings is 1. The van der Waals surface area contributed by atoms with Gasteiger partial charge in [0.25, 0.3) is 0 Å². The maximum absolute atomic E-state index is 11.2. The van der Waals surface area contributed by atoms with Crippen LogP contribution in [-0.4, -0.2) is 26.2 Å². The van der Waals surface area contributed by atoms with E-state index in [9.17, 15) is 9.59 Å². The minimum Gasteiger partial charge on any atom is -0.493 e. The number of carbonyl (C=O) groups is 2. The molecule has 0 fully saturated rings. The van der Waals surface area contributed by atoms with Crippen LogP contribution in [0.2, 0.25) is 0 Å². The van der Waals surface area contributed by atoms with E-state index in [1.807, 2.05) is 0 Å². The summed E-state index contributed by atoms with van der Waals surface area (Å²) in [6.45, 7) is 1.27. The summed E-state index contributed by atoms with van der Waals surface area (Å²) in [6.07, 6.45) is 0. The van der Waals surface area contributed by atoms with Gasteiger partial charge in [-0.1, -0.05) is 0 Å². The van der Waals surface area contributed by atoms with Crippen LogP contribution in [0.5, 0.6) is 11.5 Å². The van der Waals surface area contributed by atoms with Crippen molar-refractivity contribution in [2.45, 2.75) is 6.92 Å². The molecule has 5 heteroatoms. The Morgan fingerprint density at radius 1 is 1.12 bits per heavy atom. The van der Waals surface area contributed by atoms with Crippen molar-refractivity contribution in [3.05, 3.63) is 23.8 Å². The monoisotopic (exact) mass is 224 g/mol. The molecule has 0 N–H and O–H groups in total. The van der Waals surface area contributed by atoms with E-state index in [0.717, 1.165) is 0 Å². The molecule has 0 radical (unpaired) electrons. The van der Waals surface area contributed by atoms with E-state index >= 15 is 0 Å². The van der Waals surface area contributed by atoms with Crippen molar-refractivity contribution in [1.82, 2.24) is 0 Å². The first-order valence-electron chi connectivity index (χ1n) is 4.53. The van der Waals surface area contributed by atoms with E-state index in [1.54, 1.807) is 0 Å². The van der Waals surface area contributed by atoms with Gasteiger partial charge in [-0.3, -0.25) is 4.79 Å². The first-order chi connectivity index (χ1) is 7.58. The van der Waals surface area contributed by atoms with Crippen molar-refractivity contribution in [3.8, 4) is 11.5 Å². The summed E-state index contributed by atoms with van der Waals surface area (Å²) in [5.41, 5.74) is 0.291. The maximum Gasteiger partial charge on any atom is 0.337 e. The molecule has 0 spiro atoms. The standard InChI is InChI=1S/C11H12O5/c1-7(12)16-10-6-8(11(13)15-3)4-5-9(10)14-2/h4-6H,1-3H3. The topological polar surface area (TPSA) is 61.8 Å². The lowest BCUT2D eigenvalue weighted by Crippen LogP contribution is -2.06. The molecule has 0 atom stereocenters. The zero-order chi connectivity index (χ0) is 12.1. The molecule has 0 aromatic heterocycles. The Labute approximate surface area is 92.9 Å². The van der Waals surface area contributed by atoms with E-state index in [4.69, 9.17) is 9.47 Å². The van der Waals surface area contributed by atoms with E-state index in [1.165, 1.54) is 39.3 Å². The Morgan fingerprint density at radius 2 is 1.81 bits per heavy atom. The third-order valence-corrected chi connectivity index (χ3v) is 1.84. The summed E-state index contributed by atoms with van der Waals surface area (Å²) in [6, 6.07) is 4.45. The largest absolute Gasteiger partial charge is 0.493 e. The first-order valence-corrected chi connectivity index (χ1v) is 4.53. The molecular formula is C11H12O5. The third kappa shape index (κ3) is 2.73. The van der Waals surface area contributed by atoms with Crippen LogP contribution in [0.3, 0.4) is 0 Å². The Kier molecular flexibility index (Phi) is 3.88. The minimum atomic E-state index is -0.504. The molecule has 16 heavy (non-hydrogen) atoms. The smallest absolute Gasteiger partial charge is 0.337 e. The fourth-order valence-electron chi connectivity index (χ4n) is 1.16. The van der Waals surface area contributed by atoms with Gasteiger partial charge in [0.05, 0.1) is 19.8 Å². The highest BCUT2D eigenvalue weighted by Crippen LogP contribution is 2.28. The Bertz CT molecular complexity index is 411.